The van der Waals surface area contributed by atoms with Gasteiger partial charge in [-0.25, -0.2) is 0 Å². The quantitative estimate of drug-likeness (QED) is 0.380. The van der Waals surface area contributed by atoms with E-state index in [-0.39, 0.29) is 6.10 Å². The number of aliphatic imine (C=N–C) groups is 1. The lowest BCUT2D eigenvalue weighted by atomic mass is 10.1. The fourth-order valence-corrected chi connectivity index (χ4v) is 4.12. The predicted octanol–water partition coefficient (Wildman–Crippen LogP) is 5.59. The van der Waals surface area contributed by atoms with Gasteiger partial charge in [0.2, 0.25) is 0 Å². The van der Waals surface area contributed by atoms with Gasteiger partial charge in [-0.1, -0.05) is 49.0 Å². The average Bonchev–Trinajstić information content (AvgIpc) is 3.12. The van der Waals surface area contributed by atoms with E-state index in [0.29, 0.717) is 6.04 Å². The third-order valence-corrected chi connectivity index (χ3v) is 5.89. The van der Waals surface area contributed by atoms with Crippen LogP contribution in [0.3, 0.4) is 0 Å². The number of methoxy groups -OCH3 is 1. The molecule has 24 heavy (non-hydrogen) atoms. The number of hydrogen-bond acceptors (Lipinski definition) is 3. The second-order valence-corrected chi connectivity index (χ2v) is 7.91. The van der Waals surface area contributed by atoms with Gasteiger partial charge in [0, 0.05) is 18.8 Å². The molecule has 0 saturated heterocycles. The van der Waals surface area contributed by atoms with Gasteiger partial charge in [0.15, 0.2) is 0 Å². The van der Waals surface area contributed by atoms with Crippen molar-refractivity contribution < 1.29 is 4.74 Å². The van der Waals surface area contributed by atoms with Crippen molar-refractivity contribution in [3.05, 3.63) is 48.6 Å². The van der Waals surface area contributed by atoms with Crippen LogP contribution >= 0.6 is 11.8 Å². The highest BCUT2D eigenvalue weighted by Gasteiger charge is 2.39. The summed E-state index contributed by atoms with van der Waals surface area (Å²) in [6.07, 6.45) is 17.4. The van der Waals surface area contributed by atoms with Gasteiger partial charge in [-0.15, -0.1) is 18.3 Å². The van der Waals surface area contributed by atoms with Crippen LogP contribution < -0.4 is 0 Å². The van der Waals surface area contributed by atoms with Crippen molar-refractivity contribution >= 4 is 16.8 Å². The van der Waals surface area contributed by atoms with Crippen LogP contribution in [0.25, 0.3) is 0 Å². The molecule has 0 aromatic carbocycles. The van der Waals surface area contributed by atoms with E-state index in [1.165, 1.54) is 17.0 Å². The van der Waals surface area contributed by atoms with Gasteiger partial charge in [0.25, 0.3) is 0 Å². The van der Waals surface area contributed by atoms with Crippen LogP contribution in [0.1, 0.15) is 39.5 Å². The molecule has 3 heteroatoms. The van der Waals surface area contributed by atoms with Crippen molar-refractivity contribution in [2.24, 2.45) is 16.8 Å². The smallest absolute Gasteiger partial charge is 0.0786 e. The van der Waals surface area contributed by atoms with Crippen molar-refractivity contribution in [3.63, 3.8) is 0 Å². The molecule has 0 unspecified atom stereocenters. The maximum absolute atomic E-state index is 5.44. The Morgan fingerprint density at radius 3 is 2.88 bits per heavy atom. The molecule has 1 saturated carbocycles. The first kappa shape index (κ1) is 19.3. The summed E-state index contributed by atoms with van der Waals surface area (Å²) in [6, 6.07) is 0.369. The van der Waals surface area contributed by atoms with Crippen LogP contribution in [-0.4, -0.2) is 30.1 Å². The van der Waals surface area contributed by atoms with Crippen molar-refractivity contribution in [1.82, 2.24) is 0 Å². The molecule has 0 bridgehead atoms. The van der Waals surface area contributed by atoms with Crippen molar-refractivity contribution in [2.45, 2.75) is 51.7 Å². The first-order chi connectivity index (χ1) is 11.6. The summed E-state index contributed by atoms with van der Waals surface area (Å²) in [6.45, 7) is 8.27. The second kappa shape index (κ2) is 10.0. The summed E-state index contributed by atoms with van der Waals surface area (Å²) in [5, 5.41) is 1.39. The summed E-state index contributed by atoms with van der Waals surface area (Å²) in [7, 11) is 1.77. The zero-order valence-electron chi connectivity index (χ0n) is 15.3. The zero-order valence-corrected chi connectivity index (χ0v) is 16.1. The van der Waals surface area contributed by atoms with Crippen LogP contribution in [0.4, 0.5) is 0 Å². The SMILES string of the molecule is C=CC[C@@H](CCC(C)=CC=CC=C[C@@H]1CSC([C@@H]2C[C@@H]2C)=N1)OC. The molecule has 0 aromatic heterocycles. The topological polar surface area (TPSA) is 21.6 Å². The molecule has 1 heterocycles. The first-order valence-corrected chi connectivity index (χ1v) is 9.97. The highest BCUT2D eigenvalue weighted by atomic mass is 32.2. The Morgan fingerprint density at radius 1 is 1.42 bits per heavy atom. The van der Waals surface area contributed by atoms with Crippen LogP contribution in [0.2, 0.25) is 0 Å². The van der Waals surface area contributed by atoms with Gasteiger partial charge in [-0.05, 0) is 38.5 Å². The van der Waals surface area contributed by atoms with Crippen molar-refractivity contribution in [3.8, 4) is 0 Å². The van der Waals surface area contributed by atoms with Gasteiger partial charge in [-0.2, -0.15) is 0 Å². The largest absolute Gasteiger partial charge is 0.381 e. The molecule has 0 aromatic rings. The standard InChI is InChI=1S/C21H31NOS/c1-5-9-19(23-4)13-12-16(2)10-7-6-8-11-18-15-24-21(22-18)20-14-17(20)3/h5-8,10-11,17-20H,1,9,12-15H2,2-4H3/t17-,18+,19-,20+/m0/s1. The van der Waals surface area contributed by atoms with Crippen molar-refractivity contribution in [1.29, 1.82) is 0 Å². The molecule has 0 spiro atoms. The molecule has 0 N–H and O–H groups in total. The maximum Gasteiger partial charge on any atom is 0.0786 e. The first-order valence-electron chi connectivity index (χ1n) is 8.98. The third-order valence-electron chi connectivity index (χ3n) is 4.68. The van der Waals surface area contributed by atoms with E-state index in [1.54, 1.807) is 7.11 Å². The molecular weight excluding hydrogens is 314 g/mol. The van der Waals surface area contributed by atoms with Crippen LogP contribution in [0.15, 0.2) is 53.6 Å². The number of nitrogens with zero attached hydrogens (tertiary/aromatic N) is 1. The average molecular weight is 346 g/mol. The maximum atomic E-state index is 5.44. The lowest BCUT2D eigenvalue weighted by molar-refractivity contribution is 0.0981. The van der Waals surface area contributed by atoms with Gasteiger partial charge < -0.3 is 4.74 Å². The summed E-state index contributed by atoms with van der Waals surface area (Å²) in [5.74, 6) is 2.74. The molecule has 132 valence electrons. The zero-order chi connectivity index (χ0) is 17.4. The fraction of sp³-hybridized carbons (Fsp3) is 0.571. The summed E-state index contributed by atoms with van der Waals surface area (Å²) >= 11 is 1.95. The van der Waals surface area contributed by atoms with E-state index in [9.17, 15) is 0 Å². The van der Waals surface area contributed by atoms with Gasteiger partial charge in [0.1, 0.15) is 0 Å². The minimum absolute atomic E-state index is 0.288. The predicted molar refractivity (Wildman–Crippen MR) is 108 cm³/mol. The molecular formula is C21H31NOS. The lowest BCUT2D eigenvalue weighted by Gasteiger charge is -2.12. The normalized spacial score (nSPS) is 28.5. The molecule has 1 aliphatic carbocycles. The highest BCUT2D eigenvalue weighted by molar-refractivity contribution is 8.14. The Bertz CT molecular complexity index is 532. The van der Waals surface area contributed by atoms with E-state index in [2.05, 4.69) is 50.8 Å². The Hall–Kier alpha value is -1.06. The van der Waals surface area contributed by atoms with E-state index in [4.69, 9.17) is 9.73 Å². The van der Waals surface area contributed by atoms with Crippen LogP contribution in [-0.2, 0) is 4.74 Å². The Labute approximate surface area is 151 Å². The van der Waals surface area contributed by atoms with Gasteiger partial charge in [-0.3, -0.25) is 4.99 Å². The van der Waals surface area contributed by atoms with Gasteiger partial charge >= 0.3 is 0 Å². The number of rotatable bonds is 10. The number of allylic oxidation sites excluding steroid dienone is 5. The molecule has 4 atom stereocenters. The molecule has 2 nitrogen and oxygen atoms in total. The molecule has 1 aliphatic heterocycles. The third kappa shape index (κ3) is 6.45. The van der Waals surface area contributed by atoms with Gasteiger partial charge in [0.05, 0.1) is 17.2 Å². The Balaban J connectivity index is 1.69. The van der Waals surface area contributed by atoms with E-state index < -0.39 is 0 Å². The summed E-state index contributed by atoms with van der Waals surface area (Å²) in [4.78, 5) is 4.83. The number of thioether (sulfide) groups is 1. The molecule has 2 aliphatic rings. The van der Waals surface area contributed by atoms with Crippen LogP contribution in [0.5, 0.6) is 0 Å². The molecule has 2 rings (SSSR count). The minimum atomic E-state index is 0.288. The molecule has 1 fully saturated rings. The van der Waals surface area contributed by atoms with E-state index in [1.807, 2.05) is 17.8 Å². The van der Waals surface area contributed by atoms with Crippen molar-refractivity contribution in [2.75, 3.05) is 12.9 Å². The fourth-order valence-electron chi connectivity index (χ4n) is 2.84. The second-order valence-electron chi connectivity index (χ2n) is 6.87. The summed E-state index contributed by atoms with van der Waals surface area (Å²) in [5.41, 5.74) is 1.38. The molecule has 0 radical (unpaired) electrons. The Morgan fingerprint density at radius 2 is 2.21 bits per heavy atom. The lowest BCUT2D eigenvalue weighted by Crippen LogP contribution is -2.08. The number of hydrogen-bond donors (Lipinski definition) is 0. The molecule has 0 amide bonds. The highest BCUT2D eigenvalue weighted by Crippen LogP contribution is 2.44. The monoisotopic (exact) mass is 345 g/mol. The van der Waals surface area contributed by atoms with E-state index >= 15 is 0 Å². The Kier molecular flexibility index (Phi) is 8.07. The minimum Gasteiger partial charge on any atom is -0.381 e. The summed E-state index contributed by atoms with van der Waals surface area (Å²) < 4.78 is 5.44. The van der Waals surface area contributed by atoms with E-state index in [0.717, 1.165) is 36.9 Å². The number of ether oxygens (including phenoxy) is 1. The van der Waals surface area contributed by atoms with Crippen LogP contribution in [0, 0.1) is 11.8 Å².